The van der Waals surface area contributed by atoms with Gasteiger partial charge in [0.2, 0.25) is 0 Å². The highest BCUT2D eigenvalue weighted by Crippen LogP contribution is 2.38. The van der Waals surface area contributed by atoms with Crippen LogP contribution in [0.5, 0.6) is 0 Å². The molecule has 0 aromatic heterocycles. The van der Waals surface area contributed by atoms with Crippen molar-refractivity contribution in [3.63, 3.8) is 0 Å². The molecule has 1 aromatic carbocycles. The lowest BCUT2D eigenvalue weighted by atomic mass is 9.72. The highest BCUT2D eigenvalue weighted by Gasteiger charge is 2.38. The molecule has 0 radical (unpaired) electrons. The predicted octanol–water partition coefficient (Wildman–Crippen LogP) is 2.51. The zero-order valence-corrected chi connectivity index (χ0v) is 13.6. The number of esters is 1. The first-order valence-electron chi connectivity index (χ1n) is 7.41. The number of carboxylic acid groups (broad SMARTS) is 1. The number of carbonyl (C=O) groups is 2. The van der Waals surface area contributed by atoms with Crippen molar-refractivity contribution in [1.82, 2.24) is 0 Å². The maximum Gasteiger partial charge on any atom is 0.490 e. The summed E-state index contributed by atoms with van der Waals surface area (Å²) < 4.78 is 42.0. The lowest BCUT2D eigenvalue weighted by molar-refractivity contribution is -0.192. The molecule has 0 atom stereocenters. The third-order valence-electron chi connectivity index (χ3n) is 3.93. The molecule has 1 fully saturated rings. The summed E-state index contributed by atoms with van der Waals surface area (Å²) in [7, 11) is 1.43. The van der Waals surface area contributed by atoms with Gasteiger partial charge >= 0.3 is 18.1 Å². The summed E-state index contributed by atoms with van der Waals surface area (Å²) in [6, 6.07) is 7.76. The fourth-order valence-electron chi connectivity index (χ4n) is 2.51. The van der Waals surface area contributed by atoms with Crippen LogP contribution in [0.2, 0.25) is 0 Å². The van der Waals surface area contributed by atoms with E-state index in [1.54, 1.807) is 0 Å². The number of alkyl halides is 3. The molecule has 0 unspecified atom stereocenters. The van der Waals surface area contributed by atoms with Gasteiger partial charge in [0.15, 0.2) is 0 Å². The number of aliphatic carboxylic acids is 1. The van der Waals surface area contributed by atoms with Gasteiger partial charge < -0.3 is 20.3 Å². The largest absolute Gasteiger partial charge is 0.490 e. The Bertz CT molecular complexity index is 580. The number of carbonyl (C=O) groups excluding carboxylic acids is 1. The quantitative estimate of drug-likeness (QED) is 0.632. The van der Waals surface area contributed by atoms with E-state index in [4.69, 9.17) is 25.1 Å². The summed E-state index contributed by atoms with van der Waals surface area (Å²) in [6.45, 7) is 1.36. The average Bonchev–Trinajstić information content (AvgIpc) is 2.55. The summed E-state index contributed by atoms with van der Waals surface area (Å²) in [4.78, 5) is 20.5. The van der Waals surface area contributed by atoms with E-state index in [1.165, 1.54) is 7.11 Å². The van der Waals surface area contributed by atoms with Gasteiger partial charge in [0, 0.05) is 24.3 Å². The molecule has 0 saturated carbocycles. The van der Waals surface area contributed by atoms with Gasteiger partial charge in [-0.2, -0.15) is 13.2 Å². The van der Waals surface area contributed by atoms with E-state index in [9.17, 15) is 18.0 Å². The Morgan fingerprint density at radius 1 is 1.24 bits per heavy atom. The maximum absolute atomic E-state index is 11.6. The minimum Gasteiger partial charge on any atom is -0.475 e. The lowest BCUT2D eigenvalue weighted by Crippen LogP contribution is -2.36. The maximum atomic E-state index is 11.6. The van der Waals surface area contributed by atoms with Crippen molar-refractivity contribution in [3.8, 4) is 0 Å². The SMILES string of the molecule is COC(=O)CC1(c2ccc(N)cc2)CCOCC1.O=C(O)C(F)(F)F. The Morgan fingerprint density at radius 2 is 1.72 bits per heavy atom. The molecule has 0 bridgehead atoms. The van der Waals surface area contributed by atoms with Crippen molar-refractivity contribution < 1.29 is 37.3 Å². The number of hydrogen-bond acceptors (Lipinski definition) is 5. The van der Waals surface area contributed by atoms with Crippen LogP contribution in [0.15, 0.2) is 24.3 Å². The molecule has 1 saturated heterocycles. The Kier molecular flexibility index (Phi) is 7.22. The summed E-state index contributed by atoms with van der Waals surface area (Å²) in [5.41, 5.74) is 7.42. The Balaban J connectivity index is 0.000000381. The van der Waals surface area contributed by atoms with Crippen LogP contribution in [0.1, 0.15) is 24.8 Å². The number of nitrogen functional groups attached to an aromatic ring is 1. The van der Waals surface area contributed by atoms with Crippen molar-refractivity contribution in [2.45, 2.75) is 30.9 Å². The minimum atomic E-state index is -5.08. The molecule has 0 amide bonds. The standard InChI is InChI=1S/C14H19NO3.C2HF3O2/c1-17-13(16)10-14(6-8-18-9-7-14)11-2-4-12(15)5-3-11;3-2(4,5)1(6)7/h2-5H,6-10,15H2,1H3;(H,6,7). The minimum absolute atomic E-state index is 0.168. The van der Waals surface area contributed by atoms with E-state index < -0.39 is 12.1 Å². The van der Waals surface area contributed by atoms with E-state index in [0.717, 1.165) is 24.1 Å². The van der Waals surface area contributed by atoms with Crippen LogP contribution in [0.3, 0.4) is 0 Å². The molecule has 6 nitrogen and oxygen atoms in total. The third-order valence-corrected chi connectivity index (χ3v) is 3.93. The fraction of sp³-hybridized carbons (Fsp3) is 0.500. The number of halogens is 3. The Morgan fingerprint density at radius 3 is 2.12 bits per heavy atom. The molecule has 1 heterocycles. The van der Waals surface area contributed by atoms with Crippen LogP contribution in [0.25, 0.3) is 0 Å². The zero-order chi connectivity index (χ0) is 19.1. The fourth-order valence-corrected chi connectivity index (χ4v) is 2.51. The third kappa shape index (κ3) is 6.26. The molecular formula is C16H20F3NO5. The van der Waals surface area contributed by atoms with Gasteiger partial charge in [0.1, 0.15) is 0 Å². The van der Waals surface area contributed by atoms with Crippen molar-refractivity contribution in [2.24, 2.45) is 0 Å². The van der Waals surface area contributed by atoms with Crippen molar-refractivity contribution in [3.05, 3.63) is 29.8 Å². The van der Waals surface area contributed by atoms with Gasteiger partial charge in [0.25, 0.3) is 0 Å². The smallest absolute Gasteiger partial charge is 0.475 e. The van der Waals surface area contributed by atoms with Crippen LogP contribution in [-0.2, 0) is 24.5 Å². The molecule has 140 valence electrons. The van der Waals surface area contributed by atoms with Gasteiger partial charge in [-0.15, -0.1) is 0 Å². The van der Waals surface area contributed by atoms with Crippen LogP contribution < -0.4 is 5.73 Å². The molecule has 1 aromatic rings. The highest BCUT2D eigenvalue weighted by molar-refractivity contribution is 5.73. The van der Waals surface area contributed by atoms with Gasteiger partial charge in [0.05, 0.1) is 13.5 Å². The number of benzene rings is 1. The molecule has 3 N–H and O–H groups in total. The van der Waals surface area contributed by atoms with E-state index in [0.29, 0.717) is 19.6 Å². The normalized spacial score (nSPS) is 16.3. The molecule has 25 heavy (non-hydrogen) atoms. The summed E-state index contributed by atoms with van der Waals surface area (Å²) >= 11 is 0. The van der Waals surface area contributed by atoms with Crippen molar-refractivity contribution >= 4 is 17.6 Å². The van der Waals surface area contributed by atoms with E-state index in [1.807, 2.05) is 24.3 Å². The molecule has 1 aliphatic rings. The second-order valence-corrected chi connectivity index (χ2v) is 5.57. The second-order valence-electron chi connectivity index (χ2n) is 5.57. The van der Waals surface area contributed by atoms with Crippen LogP contribution in [-0.4, -0.2) is 43.5 Å². The number of carboxylic acids is 1. The number of nitrogens with two attached hydrogens (primary N) is 1. The average molecular weight is 363 g/mol. The lowest BCUT2D eigenvalue weighted by Gasteiger charge is -2.37. The second kappa shape index (κ2) is 8.70. The Labute approximate surface area is 142 Å². The monoisotopic (exact) mass is 363 g/mol. The summed E-state index contributed by atoms with van der Waals surface area (Å²) in [5, 5.41) is 7.12. The topological polar surface area (TPSA) is 98.9 Å². The van der Waals surface area contributed by atoms with Crippen LogP contribution in [0.4, 0.5) is 18.9 Å². The van der Waals surface area contributed by atoms with E-state index in [-0.39, 0.29) is 11.4 Å². The number of ether oxygens (including phenoxy) is 2. The molecule has 0 aliphatic carbocycles. The first-order chi connectivity index (χ1) is 11.6. The van der Waals surface area contributed by atoms with Crippen molar-refractivity contribution in [2.75, 3.05) is 26.1 Å². The number of methoxy groups -OCH3 is 1. The number of rotatable bonds is 3. The highest BCUT2D eigenvalue weighted by atomic mass is 19.4. The van der Waals surface area contributed by atoms with E-state index in [2.05, 4.69) is 0 Å². The molecule has 1 aliphatic heterocycles. The first-order valence-corrected chi connectivity index (χ1v) is 7.41. The van der Waals surface area contributed by atoms with Gasteiger partial charge in [-0.25, -0.2) is 4.79 Å². The van der Waals surface area contributed by atoms with E-state index >= 15 is 0 Å². The summed E-state index contributed by atoms with van der Waals surface area (Å²) in [5.74, 6) is -2.93. The van der Waals surface area contributed by atoms with Gasteiger partial charge in [-0.1, -0.05) is 12.1 Å². The van der Waals surface area contributed by atoms with Gasteiger partial charge in [-0.05, 0) is 30.5 Å². The predicted molar refractivity (Wildman–Crippen MR) is 82.9 cm³/mol. The Hall–Kier alpha value is -2.29. The summed E-state index contributed by atoms with van der Waals surface area (Å²) in [6.07, 6.45) is -3.01. The first kappa shape index (κ1) is 20.8. The van der Waals surface area contributed by atoms with Crippen LogP contribution >= 0.6 is 0 Å². The van der Waals surface area contributed by atoms with Gasteiger partial charge in [-0.3, -0.25) is 4.79 Å². The number of anilines is 1. The molecule has 9 heteroatoms. The van der Waals surface area contributed by atoms with Crippen molar-refractivity contribution in [1.29, 1.82) is 0 Å². The molecule has 0 spiro atoms. The zero-order valence-electron chi connectivity index (χ0n) is 13.6. The molecular weight excluding hydrogens is 343 g/mol. The van der Waals surface area contributed by atoms with Crippen LogP contribution in [0, 0.1) is 0 Å². The molecule has 2 rings (SSSR count). The number of hydrogen-bond donors (Lipinski definition) is 2.